The van der Waals surface area contributed by atoms with Crippen molar-refractivity contribution in [2.24, 2.45) is 5.73 Å². The van der Waals surface area contributed by atoms with E-state index >= 15 is 0 Å². The number of aliphatic hydroxyl groups is 1. The highest BCUT2D eigenvalue weighted by Crippen LogP contribution is 2.04. The van der Waals surface area contributed by atoms with E-state index in [0.717, 1.165) is 0 Å². The van der Waals surface area contributed by atoms with Crippen molar-refractivity contribution in [3.05, 3.63) is 0 Å². The van der Waals surface area contributed by atoms with Gasteiger partial charge in [0.15, 0.2) is 0 Å². The zero-order chi connectivity index (χ0) is 21.4. The molecule has 0 aromatic carbocycles. The second kappa shape index (κ2) is 10.2. The molecule has 14 nitrogen and oxygen atoms in total. The number of aliphatic hydroxyl groups excluding tert-OH is 1. The number of carboxylic acid groups (broad SMARTS) is 1. The summed E-state index contributed by atoms with van der Waals surface area (Å²) in [7, 11) is 0. The Labute approximate surface area is 158 Å². The third-order valence-electron chi connectivity index (χ3n) is 3.48. The maximum atomic E-state index is 12.2. The van der Waals surface area contributed by atoms with Crippen LogP contribution in [0.1, 0.15) is 19.8 Å². The molecule has 1 aliphatic rings. The first-order valence-corrected chi connectivity index (χ1v) is 8.06. The van der Waals surface area contributed by atoms with Crippen LogP contribution in [-0.4, -0.2) is 76.6 Å². The van der Waals surface area contributed by atoms with E-state index in [1.54, 1.807) is 0 Å². The van der Waals surface area contributed by atoms with Crippen molar-refractivity contribution in [2.75, 3.05) is 6.61 Å². The molecule has 0 aliphatic carbocycles. The fourth-order valence-electron chi connectivity index (χ4n) is 2.00. The number of nitrogens with one attached hydrogen (secondary N) is 4. The van der Waals surface area contributed by atoms with Gasteiger partial charge in [-0.1, -0.05) is 0 Å². The lowest BCUT2D eigenvalue weighted by Crippen LogP contribution is -2.54. The molecule has 1 heterocycles. The number of hydrogen-bond acceptors (Lipinski definition) is 9. The predicted octanol–water partition coefficient (Wildman–Crippen LogP) is -4.77. The van der Waals surface area contributed by atoms with Crippen molar-refractivity contribution < 1.29 is 43.7 Å². The Bertz CT molecular complexity index is 650. The van der Waals surface area contributed by atoms with Gasteiger partial charge in [0.05, 0.1) is 12.5 Å². The van der Waals surface area contributed by atoms with E-state index in [0.29, 0.717) is 0 Å². The number of carbonyl (C=O) groups excluding carboxylic acids is 5. The number of hydrazine groups is 1. The van der Waals surface area contributed by atoms with Crippen molar-refractivity contribution in [1.82, 2.24) is 21.5 Å². The normalized spacial score (nSPS) is 17.0. The monoisotopic (exact) mass is 403 g/mol. The van der Waals surface area contributed by atoms with E-state index in [1.165, 1.54) is 6.92 Å². The van der Waals surface area contributed by atoms with E-state index in [2.05, 4.69) is 10.1 Å². The molecule has 0 aromatic rings. The van der Waals surface area contributed by atoms with E-state index in [4.69, 9.17) is 10.8 Å². The van der Waals surface area contributed by atoms with Gasteiger partial charge in [-0.2, -0.15) is 0 Å². The fraction of sp³-hybridized carbons (Fsp3) is 0.571. The topological polar surface area (TPSA) is 226 Å². The highest BCUT2D eigenvalue weighted by molar-refractivity contribution is 6.09. The van der Waals surface area contributed by atoms with Crippen LogP contribution < -0.4 is 27.2 Å². The van der Waals surface area contributed by atoms with Gasteiger partial charge >= 0.3 is 11.9 Å². The van der Waals surface area contributed by atoms with Gasteiger partial charge in [-0.25, -0.2) is 4.79 Å². The molecule has 156 valence electrons. The first kappa shape index (κ1) is 22.8. The Hall–Kier alpha value is -3.26. The summed E-state index contributed by atoms with van der Waals surface area (Å²) in [5.41, 5.74) is 9.20. The summed E-state index contributed by atoms with van der Waals surface area (Å²) in [6.45, 7) is 0.859. The Morgan fingerprint density at radius 2 is 1.64 bits per heavy atom. The molecule has 0 aromatic heterocycles. The van der Waals surface area contributed by atoms with Crippen LogP contribution in [0.3, 0.4) is 0 Å². The highest BCUT2D eigenvalue weighted by Gasteiger charge is 2.38. The summed E-state index contributed by atoms with van der Waals surface area (Å²) in [6, 6.07) is -4.03. The lowest BCUT2D eigenvalue weighted by atomic mass is 10.1. The van der Waals surface area contributed by atoms with Crippen LogP contribution in [0.15, 0.2) is 0 Å². The zero-order valence-corrected chi connectivity index (χ0v) is 14.8. The van der Waals surface area contributed by atoms with Gasteiger partial charge in [-0.3, -0.25) is 34.8 Å². The Balaban J connectivity index is 2.73. The molecule has 1 fully saturated rings. The molecule has 28 heavy (non-hydrogen) atoms. The van der Waals surface area contributed by atoms with Gasteiger partial charge in [-0.05, 0) is 13.3 Å². The van der Waals surface area contributed by atoms with Crippen LogP contribution >= 0.6 is 0 Å². The van der Waals surface area contributed by atoms with Gasteiger partial charge < -0.3 is 31.3 Å². The minimum absolute atomic E-state index is 0.233. The highest BCUT2D eigenvalue weighted by atomic mass is 16.6. The summed E-state index contributed by atoms with van der Waals surface area (Å²) >= 11 is 0. The third kappa shape index (κ3) is 6.48. The number of nitrogens with two attached hydrogens (primary N) is 1. The first-order valence-electron chi connectivity index (χ1n) is 8.06. The van der Waals surface area contributed by atoms with Crippen LogP contribution in [0.2, 0.25) is 0 Å². The molecule has 0 bridgehead atoms. The van der Waals surface area contributed by atoms with Crippen molar-refractivity contribution in [2.45, 2.75) is 44.0 Å². The van der Waals surface area contributed by atoms with Gasteiger partial charge in [0, 0.05) is 6.61 Å². The summed E-state index contributed by atoms with van der Waals surface area (Å²) in [5, 5.41) is 22.4. The number of carbonyl (C=O) groups is 6. The Morgan fingerprint density at radius 3 is 2.11 bits per heavy atom. The molecule has 0 radical (unpaired) electrons. The lowest BCUT2D eigenvalue weighted by Gasteiger charge is -2.21. The minimum Gasteiger partial charge on any atom is -0.480 e. The number of esters is 1. The molecule has 0 unspecified atom stereocenters. The Kier molecular flexibility index (Phi) is 8.28. The number of amides is 4. The molecule has 0 spiro atoms. The van der Waals surface area contributed by atoms with Crippen LogP contribution in [-0.2, 0) is 33.5 Å². The maximum absolute atomic E-state index is 12.2. The van der Waals surface area contributed by atoms with E-state index in [9.17, 15) is 33.9 Å². The molecule has 8 N–H and O–H groups in total. The van der Waals surface area contributed by atoms with Crippen molar-refractivity contribution in [1.29, 1.82) is 0 Å². The SMILES string of the molecule is C[C@H](N)C(=O)N[C@@H](CCO)C(=O)N[C@@H](CC(=O)OC1C(=O)NNC1=O)C(=O)O. The summed E-state index contributed by atoms with van der Waals surface area (Å²) in [5.74, 6) is -6.40. The summed E-state index contributed by atoms with van der Waals surface area (Å²) < 4.78 is 4.60. The number of hydrogen-bond donors (Lipinski definition) is 7. The Morgan fingerprint density at radius 1 is 1.11 bits per heavy atom. The van der Waals surface area contributed by atoms with Crippen molar-refractivity contribution in [3.63, 3.8) is 0 Å². The van der Waals surface area contributed by atoms with Crippen LogP contribution in [0, 0.1) is 0 Å². The van der Waals surface area contributed by atoms with Crippen LogP contribution in [0.25, 0.3) is 0 Å². The molecule has 14 heteroatoms. The average Bonchev–Trinajstić information content (AvgIpc) is 2.92. The third-order valence-corrected chi connectivity index (χ3v) is 3.48. The molecule has 1 saturated heterocycles. The smallest absolute Gasteiger partial charge is 0.326 e. The van der Waals surface area contributed by atoms with Crippen LogP contribution in [0.5, 0.6) is 0 Å². The van der Waals surface area contributed by atoms with Crippen LogP contribution in [0.4, 0.5) is 0 Å². The van der Waals surface area contributed by atoms with Crippen molar-refractivity contribution >= 4 is 35.6 Å². The molecule has 3 atom stereocenters. The molecule has 4 amide bonds. The lowest BCUT2D eigenvalue weighted by molar-refractivity contribution is -0.160. The molecular weight excluding hydrogens is 382 g/mol. The first-order chi connectivity index (χ1) is 13.1. The molecular formula is C14H21N5O9. The predicted molar refractivity (Wildman–Crippen MR) is 87.6 cm³/mol. The average molecular weight is 403 g/mol. The van der Waals surface area contributed by atoms with Gasteiger partial charge in [-0.15, -0.1) is 0 Å². The quantitative estimate of drug-likeness (QED) is 0.136. The standard InChI is InChI=1S/C14H21N5O9/c1-5(15)10(22)16-6(2-3-20)11(23)17-7(14(26)27)4-8(21)28-9-12(24)18-19-13(9)25/h5-7,9,20H,2-4,15H2,1H3,(H,16,22)(H,17,23)(H,18,24)(H,19,25)(H,26,27)/t5-,6-,7-/m0/s1. The largest absolute Gasteiger partial charge is 0.480 e. The fourth-order valence-corrected chi connectivity index (χ4v) is 2.00. The number of aliphatic carboxylic acids is 1. The van der Waals surface area contributed by atoms with E-state index in [-0.39, 0.29) is 6.42 Å². The number of carboxylic acids is 1. The van der Waals surface area contributed by atoms with E-state index in [1.807, 2.05) is 16.2 Å². The van der Waals surface area contributed by atoms with Crippen molar-refractivity contribution in [3.8, 4) is 0 Å². The maximum Gasteiger partial charge on any atom is 0.326 e. The summed E-state index contributed by atoms with van der Waals surface area (Å²) in [4.78, 5) is 69.6. The molecule has 1 aliphatic heterocycles. The molecule has 1 rings (SSSR count). The number of rotatable bonds is 10. The van der Waals surface area contributed by atoms with Gasteiger partial charge in [0.25, 0.3) is 17.9 Å². The summed E-state index contributed by atoms with van der Waals surface area (Å²) in [6.07, 6.45) is -2.90. The van der Waals surface area contributed by atoms with Gasteiger partial charge in [0.1, 0.15) is 12.1 Å². The van der Waals surface area contributed by atoms with Gasteiger partial charge in [0.2, 0.25) is 11.8 Å². The number of ether oxygens (including phenoxy) is 1. The molecule has 0 saturated carbocycles. The van der Waals surface area contributed by atoms with E-state index < -0.39 is 72.8 Å². The minimum atomic E-state index is -1.78. The second-order valence-electron chi connectivity index (χ2n) is 5.81. The zero-order valence-electron chi connectivity index (χ0n) is 14.8. The second-order valence-corrected chi connectivity index (χ2v) is 5.81.